The summed E-state index contributed by atoms with van der Waals surface area (Å²) >= 11 is 1.83. The van der Waals surface area contributed by atoms with Gasteiger partial charge in [0, 0.05) is 10.1 Å². The molecule has 0 aliphatic heterocycles. The number of thioether (sulfide) groups is 1. The van der Waals surface area contributed by atoms with Gasteiger partial charge in [-0.1, -0.05) is 30.3 Å². The van der Waals surface area contributed by atoms with Crippen molar-refractivity contribution in [3.63, 3.8) is 0 Å². The minimum absolute atomic E-state index is 0.310. The molecule has 2 rings (SSSR count). The van der Waals surface area contributed by atoms with Crippen LogP contribution < -0.4 is 9.47 Å². The second-order valence-electron chi connectivity index (χ2n) is 4.56. The molecular weight excluding hydrogens is 280 g/mol. The van der Waals surface area contributed by atoms with Crippen molar-refractivity contribution in [1.82, 2.24) is 0 Å². The highest BCUT2D eigenvalue weighted by Crippen LogP contribution is 2.40. The Bertz CT molecular complexity index is 581. The van der Waals surface area contributed by atoms with Crippen LogP contribution in [0.15, 0.2) is 66.1 Å². The van der Waals surface area contributed by atoms with Gasteiger partial charge >= 0.3 is 0 Å². The predicted octanol–water partition coefficient (Wildman–Crippen LogP) is 5.11. The van der Waals surface area contributed by atoms with E-state index in [0.717, 1.165) is 17.9 Å². The molecule has 0 spiro atoms. The minimum atomic E-state index is 0.310. The van der Waals surface area contributed by atoms with E-state index >= 15 is 0 Å². The Morgan fingerprint density at radius 2 is 1.76 bits per heavy atom. The van der Waals surface area contributed by atoms with Crippen LogP contribution in [0.2, 0.25) is 0 Å². The van der Waals surface area contributed by atoms with Crippen molar-refractivity contribution < 1.29 is 9.47 Å². The predicted molar refractivity (Wildman–Crippen MR) is 89.4 cm³/mol. The fourth-order valence-electron chi connectivity index (χ4n) is 2.12. The largest absolute Gasteiger partial charge is 0.493 e. The third kappa shape index (κ3) is 4.05. The number of rotatable bonds is 7. The topological polar surface area (TPSA) is 18.5 Å². The molecule has 3 heteroatoms. The molecular formula is C18H20O2S. The van der Waals surface area contributed by atoms with Crippen LogP contribution in [0.25, 0.3) is 0 Å². The number of methoxy groups -OCH3 is 2. The fourth-order valence-corrected chi connectivity index (χ4v) is 3.28. The van der Waals surface area contributed by atoms with Crippen molar-refractivity contribution >= 4 is 11.8 Å². The average Bonchev–Trinajstić information content (AvgIpc) is 2.54. The number of benzene rings is 2. The molecule has 0 saturated carbocycles. The van der Waals surface area contributed by atoms with Gasteiger partial charge < -0.3 is 9.47 Å². The smallest absolute Gasteiger partial charge is 0.161 e. The highest BCUT2D eigenvalue weighted by atomic mass is 32.2. The van der Waals surface area contributed by atoms with E-state index in [9.17, 15) is 0 Å². The molecule has 1 atom stereocenters. The molecule has 0 aliphatic carbocycles. The summed E-state index contributed by atoms with van der Waals surface area (Å²) in [6, 6.07) is 16.5. The maximum Gasteiger partial charge on any atom is 0.161 e. The van der Waals surface area contributed by atoms with Gasteiger partial charge in [0.1, 0.15) is 0 Å². The van der Waals surface area contributed by atoms with Gasteiger partial charge in [0.15, 0.2) is 11.5 Å². The average molecular weight is 300 g/mol. The summed E-state index contributed by atoms with van der Waals surface area (Å²) in [4.78, 5) is 1.25. The van der Waals surface area contributed by atoms with Gasteiger partial charge in [0.05, 0.1) is 14.2 Å². The molecule has 0 aromatic heterocycles. The van der Waals surface area contributed by atoms with Gasteiger partial charge in [-0.05, 0) is 36.2 Å². The molecule has 0 aliphatic rings. The normalized spacial score (nSPS) is 11.7. The Hall–Kier alpha value is -1.87. The lowest BCUT2D eigenvalue weighted by atomic mass is 10.1. The Labute approximate surface area is 130 Å². The van der Waals surface area contributed by atoms with Gasteiger partial charge in [0.2, 0.25) is 0 Å². The SMILES string of the molecule is C=CCC(Sc1ccccc1)c1ccc(OC)c(OC)c1. The molecule has 0 heterocycles. The molecule has 2 aromatic carbocycles. The van der Waals surface area contributed by atoms with Crippen LogP contribution >= 0.6 is 11.8 Å². The van der Waals surface area contributed by atoms with Crippen molar-refractivity contribution in [2.45, 2.75) is 16.6 Å². The van der Waals surface area contributed by atoms with Crippen LogP contribution in [-0.2, 0) is 0 Å². The van der Waals surface area contributed by atoms with Crippen molar-refractivity contribution in [1.29, 1.82) is 0 Å². The minimum Gasteiger partial charge on any atom is -0.493 e. The maximum atomic E-state index is 5.40. The monoisotopic (exact) mass is 300 g/mol. The van der Waals surface area contributed by atoms with Gasteiger partial charge in [0.25, 0.3) is 0 Å². The van der Waals surface area contributed by atoms with Crippen LogP contribution in [-0.4, -0.2) is 14.2 Å². The van der Waals surface area contributed by atoms with Gasteiger partial charge in [-0.15, -0.1) is 18.3 Å². The summed E-state index contributed by atoms with van der Waals surface area (Å²) in [7, 11) is 3.31. The molecule has 0 N–H and O–H groups in total. The Morgan fingerprint density at radius 3 is 2.38 bits per heavy atom. The van der Waals surface area contributed by atoms with Crippen LogP contribution in [0.1, 0.15) is 17.2 Å². The maximum absolute atomic E-state index is 5.40. The zero-order valence-corrected chi connectivity index (χ0v) is 13.2. The van der Waals surface area contributed by atoms with E-state index < -0.39 is 0 Å². The molecule has 1 unspecified atom stereocenters. The fraction of sp³-hybridized carbons (Fsp3) is 0.222. The van der Waals surface area contributed by atoms with E-state index in [-0.39, 0.29) is 0 Å². The van der Waals surface area contributed by atoms with Crippen LogP contribution in [0.3, 0.4) is 0 Å². The molecule has 110 valence electrons. The summed E-state index contributed by atoms with van der Waals surface area (Å²) in [6.07, 6.45) is 2.85. The Kier molecular flexibility index (Phi) is 5.76. The molecule has 0 fully saturated rings. The summed E-state index contributed by atoms with van der Waals surface area (Å²) in [6.45, 7) is 3.87. The highest BCUT2D eigenvalue weighted by molar-refractivity contribution is 7.99. The summed E-state index contributed by atoms with van der Waals surface area (Å²) in [5.74, 6) is 1.51. The second-order valence-corrected chi connectivity index (χ2v) is 5.83. The number of allylic oxidation sites excluding steroid dienone is 1. The lowest BCUT2D eigenvalue weighted by Gasteiger charge is -2.17. The lowest BCUT2D eigenvalue weighted by Crippen LogP contribution is -1.96. The van der Waals surface area contributed by atoms with Crippen molar-refractivity contribution in [3.8, 4) is 11.5 Å². The first-order chi connectivity index (χ1) is 10.3. The summed E-state index contributed by atoms with van der Waals surface area (Å²) in [5, 5.41) is 0.310. The standard InChI is InChI=1S/C18H20O2S/c1-4-8-18(21-15-9-6-5-7-10-15)14-11-12-16(19-2)17(13-14)20-3/h4-7,9-13,18H,1,8H2,2-3H3. The zero-order valence-electron chi connectivity index (χ0n) is 12.4. The lowest BCUT2D eigenvalue weighted by molar-refractivity contribution is 0.354. The number of ether oxygens (including phenoxy) is 2. The second kappa shape index (κ2) is 7.79. The molecule has 2 aromatic rings. The van der Waals surface area contributed by atoms with Gasteiger partial charge in [-0.2, -0.15) is 0 Å². The molecule has 0 amide bonds. The van der Waals surface area contributed by atoms with Crippen molar-refractivity contribution in [2.24, 2.45) is 0 Å². The number of hydrogen-bond acceptors (Lipinski definition) is 3. The van der Waals surface area contributed by atoms with Crippen molar-refractivity contribution in [2.75, 3.05) is 14.2 Å². The van der Waals surface area contributed by atoms with E-state index in [1.807, 2.05) is 36.0 Å². The third-order valence-electron chi connectivity index (χ3n) is 3.18. The molecule has 0 bridgehead atoms. The van der Waals surface area contributed by atoms with E-state index in [2.05, 4.69) is 36.9 Å². The quantitative estimate of drug-likeness (QED) is 0.523. The summed E-state index contributed by atoms with van der Waals surface area (Å²) in [5.41, 5.74) is 1.21. The molecule has 0 saturated heterocycles. The summed E-state index contributed by atoms with van der Waals surface area (Å²) < 4.78 is 10.7. The zero-order chi connectivity index (χ0) is 15.1. The van der Waals surface area contributed by atoms with E-state index in [0.29, 0.717) is 5.25 Å². The van der Waals surface area contributed by atoms with Crippen LogP contribution in [0, 0.1) is 0 Å². The van der Waals surface area contributed by atoms with Crippen LogP contribution in [0.4, 0.5) is 0 Å². The van der Waals surface area contributed by atoms with E-state index in [4.69, 9.17) is 9.47 Å². The Balaban J connectivity index is 2.27. The Morgan fingerprint density at radius 1 is 1.05 bits per heavy atom. The van der Waals surface area contributed by atoms with Gasteiger partial charge in [-0.3, -0.25) is 0 Å². The van der Waals surface area contributed by atoms with Crippen LogP contribution in [0.5, 0.6) is 11.5 Å². The van der Waals surface area contributed by atoms with Gasteiger partial charge in [-0.25, -0.2) is 0 Å². The van der Waals surface area contributed by atoms with E-state index in [1.54, 1.807) is 14.2 Å². The molecule has 0 radical (unpaired) electrons. The first kappa shape index (κ1) is 15.5. The van der Waals surface area contributed by atoms with Crippen molar-refractivity contribution in [3.05, 3.63) is 66.7 Å². The first-order valence-corrected chi connectivity index (χ1v) is 7.71. The van der Waals surface area contributed by atoms with E-state index in [1.165, 1.54) is 10.5 Å². The first-order valence-electron chi connectivity index (χ1n) is 6.83. The molecule has 2 nitrogen and oxygen atoms in total. The molecule has 21 heavy (non-hydrogen) atoms. The highest BCUT2D eigenvalue weighted by Gasteiger charge is 2.14. The third-order valence-corrected chi connectivity index (χ3v) is 4.48. The number of hydrogen-bond donors (Lipinski definition) is 0.